The molecule has 3 aromatic rings. The molecule has 1 unspecified atom stereocenters. The van der Waals surface area contributed by atoms with E-state index in [0.29, 0.717) is 11.8 Å². The lowest BCUT2D eigenvalue weighted by atomic mass is 9.84. The quantitative estimate of drug-likeness (QED) is 0.495. The molecule has 5 rings (SSSR count). The van der Waals surface area contributed by atoms with Gasteiger partial charge in [-0.05, 0) is 47.4 Å². The fraction of sp³-hybridized carbons (Fsp3) is 0.370. The van der Waals surface area contributed by atoms with Crippen molar-refractivity contribution in [2.45, 2.75) is 57.8 Å². The van der Waals surface area contributed by atoms with Gasteiger partial charge >= 0.3 is 0 Å². The van der Waals surface area contributed by atoms with Gasteiger partial charge in [0.25, 0.3) is 0 Å². The molecule has 0 radical (unpaired) electrons. The molecule has 0 saturated heterocycles. The normalized spacial score (nSPS) is 19.1. The third-order valence-electron chi connectivity index (χ3n) is 6.79. The molecule has 1 N–H and O–H groups in total. The van der Waals surface area contributed by atoms with Gasteiger partial charge in [0.1, 0.15) is 5.82 Å². The zero-order valence-corrected chi connectivity index (χ0v) is 17.5. The lowest BCUT2D eigenvalue weighted by molar-refractivity contribution is 0.443. The fourth-order valence-corrected chi connectivity index (χ4v) is 5.05. The third kappa shape index (κ3) is 3.57. The standard InChI is InChI=1S/C27H30N2/c1-18(2)24-14-12-22-16-23(13-15-25(22)24)26-17-28-27(29-26)21-10-8-20(9-11-21)19-6-4-3-5-7-19/h8-19,24H,3-7H2,1-2H3,(H,28,29). The van der Waals surface area contributed by atoms with Crippen molar-refractivity contribution < 1.29 is 0 Å². The molecular weight excluding hydrogens is 352 g/mol. The number of hydrogen-bond acceptors (Lipinski definition) is 1. The van der Waals surface area contributed by atoms with Crippen LogP contribution in [-0.2, 0) is 0 Å². The maximum absolute atomic E-state index is 4.67. The third-order valence-corrected chi connectivity index (χ3v) is 6.79. The minimum Gasteiger partial charge on any atom is -0.338 e. The summed E-state index contributed by atoms with van der Waals surface area (Å²) < 4.78 is 0. The summed E-state index contributed by atoms with van der Waals surface area (Å²) in [5.74, 6) is 2.87. The van der Waals surface area contributed by atoms with Crippen LogP contribution in [0, 0.1) is 5.92 Å². The second kappa shape index (κ2) is 7.67. The highest BCUT2D eigenvalue weighted by Gasteiger charge is 2.21. The van der Waals surface area contributed by atoms with Crippen molar-refractivity contribution in [2.75, 3.05) is 0 Å². The fourth-order valence-electron chi connectivity index (χ4n) is 5.05. The first-order valence-corrected chi connectivity index (χ1v) is 11.2. The number of H-pyrrole nitrogens is 1. The van der Waals surface area contributed by atoms with Crippen molar-refractivity contribution >= 4 is 6.08 Å². The van der Waals surface area contributed by atoms with Gasteiger partial charge in [-0.1, -0.05) is 81.7 Å². The van der Waals surface area contributed by atoms with Crippen LogP contribution in [0.2, 0.25) is 0 Å². The van der Waals surface area contributed by atoms with Gasteiger partial charge in [-0.3, -0.25) is 0 Å². The van der Waals surface area contributed by atoms with E-state index in [1.807, 2.05) is 6.20 Å². The van der Waals surface area contributed by atoms with Crippen LogP contribution in [0.5, 0.6) is 0 Å². The Morgan fingerprint density at radius 3 is 2.45 bits per heavy atom. The molecule has 0 spiro atoms. The number of nitrogens with one attached hydrogen (secondary N) is 1. The number of fused-ring (bicyclic) bond motifs is 1. The van der Waals surface area contributed by atoms with Crippen LogP contribution in [0.1, 0.15) is 74.5 Å². The van der Waals surface area contributed by atoms with Crippen LogP contribution >= 0.6 is 0 Å². The van der Waals surface area contributed by atoms with Gasteiger partial charge in [-0.2, -0.15) is 0 Å². The molecule has 0 bridgehead atoms. The van der Waals surface area contributed by atoms with Crippen molar-refractivity contribution in [3.8, 4) is 22.6 Å². The van der Waals surface area contributed by atoms with Crippen molar-refractivity contribution in [1.82, 2.24) is 9.97 Å². The number of aromatic amines is 1. The first-order chi connectivity index (χ1) is 14.2. The topological polar surface area (TPSA) is 28.7 Å². The van der Waals surface area contributed by atoms with E-state index in [2.05, 4.69) is 78.4 Å². The molecule has 2 aromatic carbocycles. The Bertz CT molecular complexity index is 1020. The molecule has 2 aliphatic carbocycles. The van der Waals surface area contributed by atoms with E-state index in [4.69, 9.17) is 0 Å². The van der Waals surface area contributed by atoms with Gasteiger partial charge in [0.15, 0.2) is 0 Å². The van der Waals surface area contributed by atoms with E-state index < -0.39 is 0 Å². The van der Waals surface area contributed by atoms with Crippen LogP contribution in [0.4, 0.5) is 0 Å². The number of imidazole rings is 1. The zero-order chi connectivity index (χ0) is 19.8. The van der Waals surface area contributed by atoms with Crippen molar-refractivity contribution in [2.24, 2.45) is 5.92 Å². The summed E-state index contributed by atoms with van der Waals surface area (Å²) in [6.45, 7) is 4.58. The minimum absolute atomic E-state index is 0.541. The van der Waals surface area contributed by atoms with Crippen LogP contribution in [0.15, 0.2) is 54.7 Å². The highest BCUT2D eigenvalue weighted by atomic mass is 14.9. The monoisotopic (exact) mass is 382 g/mol. The number of rotatable bonds is 4. The van der Waals surface area contributed by atoms with Gasteiger partial charge in [0, 0.05) is 17.0 Å². The van der Waals surface area contributed by atoms with E-state index in [9.17, 15) is 0 Å². The van der Waals surface area contributed by atoms with E-state index in [1.165, 1.54) is 54.4 Å². The number of aromatic nitrogens is 2. The highest BCUT2D eigenvalue weighted by Crippen LogP contribution is 2.37. The van der Waals surface area contributed by atoms with E-state index in [-0.39, 0.29) is 0 Å². The zero-order valence-electron chi connectivity index (χ0n) is 17.5. The van der Waals surface area contributed by atoms with Gasteiger partial charge < -0.3 is 4.98 Å². The molecule has 2 nitrogen and oxygen atoms in total. The summed E-state index contributed by atoms with van der Waals surface area (Å²) in [5.41, 5.74) is 7.73. The first kappa shape index (κ1) is 18.4. The van der Waals surface area contributed by atoms with Gasteiger partial charge in [0.05, 0.1) is 11.9 Å². The number of allylic oxidation sites excluding steroid dienone is 1. The number of nitrogens with zero attached hydrogens (tertiary/aromatic N) is 1. The predicted molar refractivity (Wildman–Crippen MR) is 122 cm³/mol. The van der Waals surface area contributed by atoms with Gasteiger partial charge in [-0.25, -0.2) is 4.98 Å². The molecule has 1 atom stereocenters. The molecule has 29 heavy (non-hydrogen) atoms. The van der Waals surface area contributed by atoms with Crippen molar-refractivity contribution in [3.63, 3.8) is 0 Å². The average molecular weight is 383 g/mol. The largest absolute Gasteiger partial charge is 0.338 e. The van der Waals surface area contributed by atoms with Gasteiger partial charge in [-0.15, -0.1) is 0 Å². The second-order valence-electron chi connectivity index (χ2n) is 9.08. The lowest BCUT2D eigenvalue weighted by Gasteiger charge is -2.21. The molecule has 1 heterocycles. The molecule has 1 aromatic heterocycles. The average Bonchev–Trinajstić information content (AvgIpc) is 3.41. The summed E-state index contributed by atoms with van der Waals surface area (Å²) in [7, 11) is 0. The molecular formula is C27H30N2. The Hall–Kier alpha value is -2.61. The Labute approximate surface area is 174 Å². The summed E-state index contributed by atoms with van der Waals surface area (Å²) in [6.07, 6.45) is 13.4. The molecule has 0 amide bonds. The smallest absolute Gasteiger partial charge is 0.137 e. The Morgan fingerprint density at radius 2 is 1.69 bits per heavy atom. The summed E-state index contributed by atoms with van der Waals surface area (Å²) in [5, 5.41) is 0. The van der Waals surface area contributed by atoms with Crippen LogP contribution in [0.25, 0.3) is 28.7 Å². The lowest BCUT2D eigenvalue weighted by Crippen LogP contribution is -2.04. The second-order valence-corrected chi connectivity index (χ2v) is 9.08. The first-order valence-electron chi connectivity index (χ1n) is 11.2. The number of benzene rings is 2. The molecule has 2 heteroatoms. The maximum Gasteiger partial charge on any atom is 0.137 e. The summed E-state index contributed by atoms with van der Waals surface area (Å²) in [6, 6.07) is 15.9. The SMILES string of the molecule is CC(C)C1C=Cc2cc(-c3cnc(-c4ccc(C5CCCCC5)cc4)[nH]3)ccc21. The van der Waals surface area contributed by atoms with E-state index in [0.717, 1.165) is 23.0 Å². The molecule has 2 aliphatic rings. The molecule has 1 saturated carbocycles. The molecule has 148 valence electrons. The van der Waals surface area contributed by atoms with E-state index in [1.54, 1.807) is 0 Å². The number of hydrogen-bond donors (Lipinski definition) is 1. The van der Waals surface area contributed by atoms with Crippen LogP contribution < -0.4 is 0 Å². The van der Waals surface area contributed by atoms with Crippen molar-refractivity contribution in [1.29, 1.82) is 0 Å². The molecule has 1 fully saturated rings. The summed E-state index contributed by atoms with van der Waals surface area (Å²) in [4.78, 5) is 8.20. The highest BCUT2D eigenvalue weighted by molar-refractivity contribution is 5.72. The maximum atomic E-state index is 4.67. The summed E-state index contributed by atoms with van der Waals surface area (Å²) >= 11 is 0. The van der Waals surface area contributed by atoms with Crippen molar-refractivity contribution in [3.05, 3.63) is 71.4 Å². The van der Waals surface area contributed by atoms with Gasteiger partial charge in [0.2, 0.25) is 0 Å². The van der Waals surface area contributed by atoms with Crippen LogP contribution in [0.3, 0.4) is 0 Å². The Balaban J connectivity index is 1.36. The Morgan fingerprint density at radius 1 is 0.931 bits per heavy atom. The minimum atomic E-state index is 0.541. The Kier molecular flexibility index (Phi) is 4.87. The van der Waals surface area contributed by atoms with E-state index >= 15 is 0 Å². The predicted octanol–water partition coefficient (Wildman–Crippen LogP) is 7.56. The molecule has 0 aliphatic heterocycles. The van der Waals surface area contributed by atoms with Crippen LogP contribution in [-0.4, -0.2) is 9.97 Å².